The van der Waals surface area contributed by atoms with E-state index < -0.39 is 0 Å². The number of nitrogen functional groups attached to an aromatic ring is 1. The first-order valence-corrected chi connectivity index (χ1v) is 7.56. The highest BCUT2D eigenvalue weighted by molar-refractivity contribution is 7.98. The molecule has 96 valence electrons. The van der Waals surface area contributed by atoms with E-state index in [2.05, 4.69) is 29.9 Å². The zero-order valence-corrected chi connectivity index (χ0v) is 11.7. The predicted molar refractivity (Wildman–Crippen MR) is 79.8 cm³/mol. The van der Waals surface area contributed by atoms with Crippen molar-refractivity contribution in [3.8, 4) is 11.4 Å². The van der Waals surface area contributed by atoms with E-state index in [1.807, 2.05) is 30.0 Å². The monoisotopic (exact) mass is 261 g/mol. The smallest absolute Gasteiger partial charge is 0.141 e. The Balaban J connectivity index is 2.41. The van der Waals surface area contributed by atoms with Crippen LogP contribution in [0.25, 0.3) is 11.4 Å². The Morgan fingerprint density at radius 2 is 2.00 bits per heavy atom. The number of rotatable bonds is 5. The fraction of sp³-hybridized carbons (Fsp3) is 0.357. The molecule has 2 N–H and O–H groups in total. The van der Waals surface area contributed by atoms with Gasteiger partial charge in [0.15, 0.2) is 0 Å². The van der Waals surface area contributed by atoms with Crippen LogP contribution in [-0.2, 0) is 13.0 Å². The van der Waals surface area contributed by atoms with Crippen LogP contribution in [-0.4, -0.2) is 21.6 Å². The molecule has 0 unspecified atom stereocenters. The minimum Gasteiger partial charge on any atom is -0.384 e. The van der Waals surface area contributed by atoms with Gasteiger partial charge in [0.2, 0.25) is 0 Å². The minimum atomic E-state index is 0.811. The number of aryl methyl sites for hydroxylation is 1. The van der Waals surface area contributed by atoms with Gasteiger partial charge in [-0.2, -0.15) is 11.8 Å². The van der Waals surface area contributed by atoms with E-state index in [0.717, 1.165) is 41.6 Å². The van der Waals surface area contributed by atoms with E-state index in [0.29, 0.717) is 0 Å². The first kappa shape index (κ1) is 13.0. The average Bonchev–Trinajstić information content (AvgIpc) is 2.74. The van der Waals surface area contributed by atoms with Crippen molar-refractivity contribution in [1.82, 2.24) is 9.55 Å². The fourth-order valence-electron chi connectivity index (χ4n) is 2.03. The van der Waals surface area contributed by atoms with Gasteiger partial charge < -0.3 is 10.3 Å². The van der Waals surface area contributed by atoms with Gasteiger partial charge in [0.1, 0.15) is 11.6 Å². The van der Waals surface area contributed by atoms with Gasteiger partial charge in [-0.25, -0.2) is 4.98 Å². The Morgan fingerprint density at radius 1 is 1.28 bits per heavy atom. The molecule has 0 amide bonds. The third-order valence-corrected chi connectivity index (χ3v) is 3.59. The number of imidazole rings is 1. The van der Waals surface area contributed by atoms with Gasteiger partial charge in [-0.1, -0.05) is 30.3 Å². The van der Waals surface area contributed by atoms with Crippen LogP contribution >= 0.6 is 11.8 Å². The molecular weight excluding hydrogens is 242 g/mol. The molecule has 2 aromatic rings. The van der Waals surface area contributed by atoms with Crippen molar-refractivity contribution in [3.63, 3.8) is 0 Å². The molecule has 3 nitrogen and oxygen atoms in total. The van der Waals surface area contributed by atoms with Gasteiger partial charge in [-0.15, -0.1) is 0 Å². The number of aromatic nitrogens is 2. The Bertz CT molecular complexity index is 505. The molecule has 0 atom stereocenters. The number of thioether (sulfide) groups is 1. The van der Waals surface area contributed by atoms with Crippen molar-refractivity contribution in [2.24, 2.45) is 0 Å². The first-order chi connectivity index (χ1) is 8.77. The van der Waals surface area contributed by atoms with Gasteiger partial charge in [-0.3, -0.25) is 0 Å². The van der Waals surface area contributed by atoms with Crippen LogP contribution in [0.15, 0.2) is 30.3 Å². The molecule has 0 saturated carbocycles. The number of benzene rings is 1. The van der Waals surface area contributed by atoms with Crippen LogP contribution in [0.1, 0.15) is 12.6 Å². The van der Waals surface area contributed by atoms with Crippen LogP contribution < -0.4 is 5.73 Å². The minimum absolute atomic E-state index is 0.811. The molecule has 0 aliphatic carbocycles. The lowest BCUT2D eigenvalue weighted by Crippen LogP contribution is -2.03. The van der Waals surface area contributed by atoms with E-state index >= 15 is 0 Å². The van der Waals surface area contributed by atoms with Gasteiger partial charge in [0, 0.05) is 18.5 Å². The van der Waals surface area contributed by atoms with E-state index in [4.69, 9.17) is 10.7 Å². The van der Waals surface area contributed by atoms with Gasteiger partial charge in [0.25, 0.3) is 0 Å². The second kappa shape index (κ2) is 5.96. The number of nitrogens with zero attached hydrogens (tertiary/aromatic N) is 2. The molecule has 4 heteroatoms. The highest BCUT2D eigenvalue weighted by atomic mass is 32.2. The second-order valence-corrected chi connectivity index (χ2v) is 5.11. The summed E-state index contributed by atoms with van der Waals surface area (Å²) in [7, 11) is 0. The zero-order valence-electron chi connectivity index (χ0n) is 10.9. The molecule has 1 heterocycles. The van der Waals surface area contributed by atoms with Crippen LogP contribution in [0.4, 0.5) is 5.82 Å². The van der Waals surface area contributed by atoms with Gasteiger partial charge in [0.05, 0.1) is 5.69 Å². The molecule has 1 aromatic carbocycles. The molecule has 0 saturated heterocycles. The zero-order chi connectivity index (χ0) is 13.0. The standard InChI is InChI=1S/C14H19N3S/c1-3-17-13(15)12(9-10-18-2)16-14(17)11-7-5-4-6-8-11/h4-8H,3,9-10,15H2,1-2H3. The molecule has 0 fully saturated rings. The van der Waals surface area contributed by atoms with Gasteiger partial charge >= 0.3 is 0 Å². The SMILES string of the molecule is CCn1c(-c2ccccc2)nc(CCSC)c1N. The van der Waals surface area contributed by atoms with Crippen LogP contribution in [0.3, 0.4) is 0 Å². The van der Waals surface area contributed by atoms with Crippen molar-refractivity contribution in [3.05, 3.63) is 36.0 Å². The molecule has 2 rings (SSSR count). The maximum atomic E-state index is 6.18. The number of hydrogen-bond acceptors (Lipinski definition) is 3. The van der Waals surface area contributed by atoms with E-state index in [9.17, 15) is 0 Å². The summed E-state index contributed by atoms with van der Waals surface area (Å²) < 4.78 is 2.09. The third kappa shape index (κ3) is 2.53. The lowest BCUT2D eigenvalue weighted by atomic mass is 10.2. The molecule has 1 aromatic heterocycles. The summed E-state index contributed by atoms with van der Waals surface area (Å²) in [6.45, 7) is 2.95. The summed E-state index contributed by atoms with van der Waals surface area (Å²) in [5.41, 5.74) is 8.33. The quantitative estimate of drug-likeness (QED) is 0.899. The Kier molecular flexibility index (Phi) is 4.31. The lowest BCUT2D eigenvalue weighted by molar-refractivity contribution is 0.780. The summed E-state index contributed by atoms with van der Waals surface area (Å²) in [4.78, 5) is 4.71. The Hall–Kier alpha value is -1.42. The molecule has 0 aliphatic rings. The number of nitrogens with two attached hydrogens (primary N) is 1. The summed E-state index contributed by atoms with van der Waals surface area (Å²) >= 11 is 1.82. The molecule has 0 bridgehead atoms. The summed E-state index contributed by atoms with van der Waals surface area (Å²) in [6.07, 6.45) is 3.03. The first-order valence-electron chi connectivity index (χ1n) is 6.17. The Morgan fingerprint density at radius 3 is 2.61 bits per heavy atom. The second-order valence-electron chi connectivity index (χ2n) is 4.12. The van der Waals surface area contributed by atoms with Crippen molar-refractivity contribution in [2.45, 2.75) is 19.9 Å². The maximum Gasteiger partial charge on any atom is 0.141 e. The molecular formula is C14H19N3S. The summed E-state index contributed by atoms with van der Waals surface area (Å²) in [5.74, 6) is 2.84. The van der Waals surface area contributed by atoms with E-state index in [1.165, 1.54) is 0 Å². The number of hydrogen-bond donors (Lipinski definition) is 1. The lowest BCUT2D eigenvalue weighted by Gasteiger charge is -2.06. The maximum absolute atomic E-state index is 6.18. The van der Waals surface area contributed by atoms with Crippen LogP contribution in [0, 0.1) is 0 Å². The molecule has 18 heavy (non-hydrogen) atoms. The van der Waals surface area contributed by atoms with Crippen LogP contribution in [0.2, 0.25) is 0 Å². The van der Waals surface area contributed by atoms with E-state index in [1.54, 1.807) is 0 Å². The van der Waals surface area contributed by atoms with E-state index in [-0.39, 0.29) is 0 Å². The predicted octanol–water partition coefficient (Wildman–Crippen LogP) is 3.06. The summed E-state index contributed by atoms with van der Waals surface area (Å²) in [5, 5.41) is 0. The summed E-state index contributed by atoms with van der Waals surface area (Å²) in [6, 6.07) is 10.2. The highest BCUT2D eigenvalue weighted by Crippen LogP contribution is 2.24. The topological polar surface area (TPSA) is 43.8 Å². The highest BCUT2D eigenvalue weighted by Gasteiger charge is 2.14. The van der Waals surface area contributed by atoms with Gasteiger partial charge in [-0.05, 0) is 18.9 Å². The fourth-order valence-corrected chi connectivity index (χ4v) is 2.42. The number of anilines is 1. The van der Waals surface area contributed by atoms with Crippen molar-refractivity contribution in [2.75, 3.05) is 17.7 Å². The largest absolute Gasteiger partial charge is 0.384 e. The molecule has 0 radical (unpaired) electrons. The normalized spacial score (nSPS) is 10.8. The molecule has 0 aliphatic heterocycles. The van der Waals surface area contributed by atoms with Crippen molar-refractivity contribution < 1.29 is 0 Å². The average molecular weight is 261 g/mol. The van der Waals surface area contributed by atoms with Crippen LogP contribution in [0.5, 0.6) is 0 Å². The third-order valence-electron chi connectivity index (χ3n) is 2.97. The van der Waals surface area contributed by atoms with Crippen molar-refractivity contribution >= 4 is 17.6 Å². The Labute approximate surface area is 112 Å². The van der Waals surface area contributed by atoms with Crippen molar-refractivity contribution in [1.29, 1.82) is 0 Å². The molecule has 0 spiro atoms.